The minimum atomic E-state index is -0.0692. The fraction of sp³-hybridized carbons (Fsp3) is 0.714. The second-order valence-corrected chi connectivity index (χ2v) is 7.38. The molecule has 3 unspecified atom stereocenters. The summed E-state index contributed by atoms with van der Waals surface area (Å²) in [5.74, 6) is 0.645. The van der Waals surface area contributed by atoms with E-state index in [4.69, 9.17) is 11.6 Å². The predicted molar refractivity (Wildman–Crippen MR) is 76.4 cm³/mol. The Labute approximate surface area is 117 Å². The number of nitrogens with one attached hydrogen (secondary N) is 1. The fourth-order valence-electron chi connectivity index (χ4n) is 3.30. The van der Waals surface area contributed by atoms with E-state index in [2.05, 4.69) is 11.4 Å². The first-order chi connectivity index (χ1) is 8.72. The molecule has 2 N–H and O–H groups in total. The summed E-state index contributed by atoms with van der Waals surface area (Å²) in [6.45, 7) is 1.04. The van der Waals surface area contributed by atoms with Gasteiger partial charge in [0.1, 0.15) is 0 Å². The van der Waals surface area contributed by atoms with Crippen molar-refractivity contribution in [2.45, 2.75) is 50.7 Å². The first kappa shape index (κ1) is 12.9. The number of aliphatic hydroxyl groups excluding tert-OH is 1. The molecule has 18 heavy (non-hydrogen) atoms. The van der Waals surface area contributed by atoms with Crippen molar-refractivity contribution in [3.63, 3.8) is 0 Å². The standard InChI is InChI=1S/C14H20ClNOS/c15-14-7-11-12(4-5-13(11)18-14)16-8-9-2-1-3-10(17)6-9/h7,9-10,12,16-17H,1-6,8H2. The van der Waals surface area contributed by atoms with E-state index in [0.29, 0.717) is 12.0 Å². The molecule has 0 bridgehead atoms. The van der Waals surface area contributed by atoms with Gasteiger partial charge in [-0.15, -0.1) is 11.3 Å². The Hall–Kier alpha value is -0.0900. The third-order valence-corrected chi connectivity index (χ3v) is 5.59. The van der Waals surface area contributed by atoms with Gasteiger partial charge in [-0.25, -0.2) is 0 Å². The van der Waals surface area contributed by atoms with Crippen LogP contribution in [0.5, 0.6) is 0 Å². The molecule has 2 aliphatic carbocycles. The number of rotatable bonds is 3. The van der Waals surface area contributed by atoms with Gasteiger partial charge in [-0.1, -0.05) is 18.0 Å². The molecule has 2 aliphatic rings. The fourth-order valence-corrected chi connectivity index (χ4v) is 4.66. The molecule has 0 radical (unpaired) electrons. The van der Waals surface area contributed by atoms with Gasteiger partial charge in [0, 0.05) is 10.9 Å². The Bertz CT molecular complexity index is 420. The van der Waals surface area contributed by atoms with E-state index >= 15 is 0 Å². The van der Waals surface area contributed by atoms with Gasteiger partial charge in [0.05, 0.1) is 10.4 Å². The molecular weight excluding hydrogens is 266 g/mol. The van der Waals surface area contributed by atoms with Crippen LogP contribution in [0.15, 0.2) is 6.07 Å². The zero-order valence-electron chi connectivity index (χ0n) is 10.5. The van der Waals surface area contributed by atoms with Crippen molar-refractivity contribution in [2.24, 2.45) is 5.92 Å². The van der Waals surface area contributed by atoms with E-state index < -0.39 is 0 Å². The highest BCUT2D eigenvalue weighted by molar-refractivity contribution is 7.16. The minimum Gasteiger partial charge on any atom is -0.393 e. The maximum atomic E-state index is 9.69. The number of halogens is 1. The van der Waals surface area contributed by atoms with Crippen molar-refractivity contribution in [1.82, 2.24) is 5.32 Å². The quantitative estimate of drug-likeness (QED) is 0.890. The maximum absolute atomic E-state index is 9.69. The SMILES string of the molecule is OC1CCCC(CNC2CCc3sc(Cl)cc32)C1. The van der Waals surface area contributed by atoms with Crippen LogP contribution in [-0.4, -0.2) is 17.8 Å². The van der Waals surface area contributed by atoms with E-state index in [9.17, 15) is 5.11 Å². The number of thiophene rings is 1. The van der Waals surface area contributed by atoms with Gasteiger partial charge in [-0.2, -0.15) is 0 Å². The van der Waals surface area contributed by atoms with Crippen molar-refractivity contribution >= 4 is 22.9 Å². The topological polar surface area (TPSA) is 32.3 Å². The zero-order chi connectivity index (χ0) is 12.5. The Balaban J connectivity index is 1.55. The summed E-state index contributed by atoms with van der Waals surface area (Å²) in [5, 5.41) is 13.4. The molecule has 1 aromatic rings. The first-order valence-electron chi connectivity index (χ1n) is 6.92. The second kappa shape index (κ2) is 5.49. The van der Waals surface area contributed by atoms with Gasteiger partial charge in [0.25, 0.3) is 0 Å². The molecule has 3 rings (SSSR count). The number of hydrogen-bond donors (Lipinski definition) is 2. The molecule has 0 aromatic carbocycles. The molecule has 1 saturated carbocycles. The molecule has 0 saturated heterocycles. The average molecular weight is 286 g/mol. The lowest BCUT2D eigenvalue weighted by atomic mass is 9.87. The third kappa shape index (κ3) is 2.74. The highest BCUT2D eigenvalue weighted by Gasteiger charge is 2.26. The van der Waals surface area contributed by atoms with Crippen LogP contribution in [-0.2, 0) is 6.42 Å². The molecule has 1 heterocycles. The normalized spacial score (nSPS) is 31.6. The molecule has 4 heteroatoms. The van der Waals surface area contributed by atoms with Gasteiger partial charge < -0.3 is 10.4 Å². The molecule has 100 valence electrons. The van der Waals surface area contributed by atoms with Crippen LogP contribution >= 0.6 is 22.9 Å². The Morgan fingerprint density at radius 1 is 1.39 bits per heavy atom. The predicted octanol–water partition coefficient (Wildman–Crippen LogP) is 3.53. The van der Waals surface area contributed by atoms with E-state index in [1.807, 2.05) is 0 Å². The summed E-state index contributed by atoms with van der Waals surface area (Å²) in [5.41, 5.74) is 1.42. The minimum absolute atomic E-state index is 0.0692. The summed E-state index contributed by atoms with van der Waals surface area (Å²) in [6.07, 6.45) is 6.69. The van der Waals surface area contributed by atoms with Crippen LogP contribution in [0, 0.1) is 5.92 Å². The van der Waals surface area contributed by atoms with E-state index in [-0.39, 0.29) is 6.10 Å². The number of hydrogen-bond acceptors (Lipinski definition) is 3. The van der Waals surface area contributed by atoms with Crippen molar-refractivity contribution < 1.29 is 5.11 Å². The van der Waals surface area contributed by atoms with E-state index in [1.165, 1.54) is 29.7 Å². The van der Waals surface area contributed by atoms with Crippen molar-refractivity contribution in [1.29, 1.82) is 0 Å². The Kier molecular flexibility index (Phi) is 3.94. The summed E-state index contributed by atoms with van der Waals surface area (Å²) in [6, 6.07) is 2.62. The summed E-state index contributed by atoms with van der Waals surface area (Å²) in [7, 11) is 0. The summed E-state index contributed by atoms with van der Waals surface area (Å²) in [4.78, 5) is 1.46. The third-order valence-electron chi connectivity index (χ3n) is 4.26. The van der Waals surface area contributed by atoms with Crippen LogP contribution in [0.3, 0.4) is 0 Å². The highest BCUT2D eigenvalue weighted by atomic mass is 35.5. The largest absolute Gasteiger partial charge is 0.393 e. The number of aryl methyl sites for hydroxylation is 1. The molecule has 0 aliphatic heterocycles. The molecule has 2 nitrogen and oxygen atoms in total. The lowest BCUT2D eigenvalue weighted by molar-refractivity contribution is 0.0996. The highest BCUT2D eigenvalue weighted by Crippen LogP contribution is 2.39. The van der Waals surface area contributed by atoms with Gasteiger partial charge in [0.2, 0.25) is 0 Å². The van der Waals surface area contributed by atoms with Crippen LogP contribution in [0.25, 0.3) is 0 Å². The maximum Gasteiger partial charge on any atom is 0.0934 e. The van der Waals surface area contributed by atoms with Crippen LogP contribution in [0.4, 0.5) is 0 Å². The van der Waals surface area contributed by atoms with Crippen LogP contribution in [0.2, 0.25) is 4.34 Å². The Morgan fingerprint density at radius 2 is 2.28 bits per heavy atom. The number of aliphatic hydroxyl groups is 1. The van der Waals surface area contributed by atoms with Crippen LogP contribution in [0.1, 0.15) is 48.6 Å². The Morgan fingerprint density at radius 3 is 3.11 bits per heavy atom. The van der Waals surface area contributed by atoms with Gasteiger partial charge in [-0.05, 0) is 56.2 Å². The van der Waals surface area contributed by atoms with Crippen LogP contribution < -0.4 is 5.32 Å². The van der Waals surface area contributed by atoms with Crippen molar-refractivity contribution in [3.8, 4) is 0 Å². The van der Waals surface area contributed by atoms with Crippen molar-refractivity contribution in [2.75, 3.05) is 6.54 Å². The monoisotopic (exact) mass is 285 g/mol. The van der Waals surface area contributed by atoms with Gasteiger partial charge in [0.15, 0.2) is 0 Å². The molecule has 1 aromatic heterocycles. The van der Waals surface area contributed by atoms with E-state index in [1.54, 1.807) is 11.3 Å². The molecular formula is C14H20ClNOS. The summed E-state index contributed by atoms with van der Waals surface area (Å²) >= 11 is 7.80. The molecule has 0 amide bonds. The smallest absolute Gasteiger partial charge is 0.0934 e. The summed E-state index contributed by atoms with van der Waals surface area (Å²) < 4.78 is 0.916. The molecule has 0 spiro atoms. The van der Waals surface area contributed by atoms with Crippen molar-refractivity contribution in [3.05, 3.63) is 20.8 Å². The van der Waals surface area contributed by atoms with Gasteiger partial charge in [-0.3, -0.25) is 0 Å². The molecule has 1 fully saturated rings. The first-order valence-corrected chi connectivity index (χ1v) is 8.11. The average Bonchev–Trinajstić information content (AvgIpc) is 2.86. The van der Waals surface area contributed by atoms with Gasteiger partial charge >= 0.3 is 0 Å². The molecule has 3 atom stereocenters. The zero-order valence-corrected chi connectivity index (χ0v) is 12.1. The number of fused-ring (bicyclic) bond motifs is 1. The van der Waals surface area contributed by atoms with E-state index in [0.717, 1.165) is 30.1 Å². The lowest BCUT2D eigenvalue weighted by Crippen LogP contribution is -2.30. The second-order valence-electron chi connectivity index (χ2n) is 5.61. The lowest BCUT2D eigenvalue weighted by Gasteiger charge is -2.27.